The summed E-state index contributed by atoms with van der Waals surface area (Å²) in [4.78, 5) is 0. The van der Waals surface area contributed by atoms with Crippen LogP contribution in [0.5, 0.6) is 0 Å². The summed E-state index contributed by atoms with van der Waals surface area (Å²) in [6.07, 6.45) is 0. The van der Waals surface area contributed by atoms with Gasteiger partial charge in [-0.25, -0.2) is 0 Å². The highest BCUT2D eigenvalue weighted by Gasteiger charge is 2.25. The monoisotopic (exact) mass is 488 g/mol. The van der Waals surface area contributed by atoms with E-state index in [-0.39, 0.29) is 0 Å². The minimum Gasteiger partial charge on any atom is -0.127 e. The first-order valence-electron chi connectivity index (χ1n) is 6.47. The van der Waals surface area contributed by atoms with Gasteiger partial charge in [0.25, 0.3) is 0 Å². The minimum absolute atomic E-state index is 0.939. The molecule has 0 amide bonds. The molecule has 0 unspecified atom stereocenters. The molecule has 0 fully saturated rings. The van der Waals surface area contributed by atoms with Gasteiger partial charge in [-0.05, 0) is 44.0 Å². The highest BCUT2D eigenvalue weighted by molar-refractivity contribution is 9.11. The summed E-state index contributed by atoms with van der Waals surface area (Å²) in [7, 11) is -0.939. The molecular formula is C16H8Br2ClPS2. The van der Waals surface area contributed by atoms with E-state index < -0.39 is 7.27 Å². The Morgan fingerprint density at radius 2 is 1.14 bits per heavy atom. The number of rotatable bonds is 2. The van der Waals surface area contributed by atoms with Crippen molar-refractivity contribution < 1.29 is 0 Å². The molecule has 0 saturated carbocycles. The van der Waals surface area contributed by atoms with Crippen molar-refractivity contribution in [2.75, 3.05) is 0 Å². The van der Waals surface area contributed by atoms with Crippen molar-refractivity contribution in [2.45, 2.75) is 0 Å². The average molecular weight is 491 g/mol. The Morgan fingerprint density at radius 3 is 1.59 bits per heavy atom. The zero-order valence-corrected chi connectivity index (χ0v) is 17.5. The Bertz CT molecular complexity index is 912. The molecule has 2 heterocycles. The summed E-state index contributed by atoms with van der Waals surface area (Å²) in [6, 6.07) is 16.9. The molecule has 0 aliphatic rings. The van der Waals surface area contributed by atoms with Crippen LogP contribution >= 0.6 is 73.0 Å². The highest BCUT2D eigenvalue weighted by Crippen LogP contribution is 2.51. The van der Waals surface area contributed by atoms with Crippen molar-refractivity contribution in [3.63, 3.8) is 0 Å². The van der Waals surface area contributed by atoms with E-state index in [0.29, 0.717) is 0 Å². The van der Waals surface area contributed by atoms with E-state index in [9.17, 15) is 0 Å². The van der Waals surface area contributed by atoms with E-state index in [0.717, 1.165) is 7.57 Å². The molecule has 22 heavy (non-hydrogen) atoms. The van der Waals surface area contributed by atoms with E-state index in [1.807, 2.05) is 0 Å². The molecule has 0 aliphatic heterocycles. The zero-order valence-electron chi connectivity index (χ0n) is 11.0. The number of halogens is 3. The maximum Gasteiger partial charge on any atom is 0.0802 e. The van der Waals surface area contributed by atoms with E-state index in [1.165, 1.54) is 30.8 Å². The van der Waals surface area contributed by atoms with Crippen molar-refractivity contribution >= 4 is 104 Å². The van der Waals surface area contributed by atoms with Gasteiger partial charge < -0.3 is 0 Å². The van der Waals surface area contributed by atoms with Crippen LogP contribution in [-0.2, 0) is 0 Å². The molecule has 4 aromatic rings. The minimum atomic E-state index is -0.939. The first-order valence-corrected chi connectivity index (χ1v) is 11.9. The van der Waals surface area contributed by atoms with Gasteiger partial charge in [-0.15, -0.1) is 22.7 Å². The number of fused-ring (bicyclic) bond motifs is 2. The third kappa shape index (κ3) is 2.49. The number of benzene rings is 2. The summed E-state index contributed by atoms with van der Waals surface area (Å²) in [6.45, 7) is 0. The lowest BCUT2D eigenvalue weighted by atomic mass is 10.3. The molecule has 0 N–H and O–H groups in total. The van der Waals surface area contributed by atoms with Crippen LogP contribution in [0.1, 0.15) is 0 Å². The van der Waals surface area contributed by atoms with Crippen LogP contribution in [0.2, 0.25) is 0 Å². The van der Waals surface area contributed by atoms with E-state index >= 15 is 0 Å². The fourth-order valence-electron chi connectivity index (χ4n) is 2.48. The topological polar surface area (TPSA) is 0 Å². The van der Waals surface area contributed by atoms with E-state index in [2.05, 4.69) is 80.4 Å². The molecular weight excluding hydrogens is 483 g/mol. The molecule has 6 heteroatoms. The Labute approximate surface area is 158 Å². The molecule has 0 atom stereocenters. The van der Waals surface area contributed by atoms with Crippen LogP contribution < -0.4 is 10.6 Å². The summed E-state index contributed by atoms with van der Waals surface area (Å²) in [5.74, 6) is 0. The molecule has 0 radical (unpaired) electrons. The summed E-state index contributed by atoms with van der Waals surface area (Å²) >= 11 is 18.0. The van der Waals surface area contributed by atoms with Crippen LogP contribution in [-0.4, -0.2) is 0 Å². The zero-order chi connectivity index (χ0) is 15.3. The quantitative estimate of drug-likeness (QED) is 0.260. The van der Waals surface area contributed by atoms with Crippen LogP contribution in [0.3, 0.4) is 0 Å². The average Bonchev–Trinajstić information content (AvgIpc) is 3.01. The second-order valence-corrected chi connectivity index (χ2v) is 11.9. The largest absolute Gasteiger partial charge is 0.127 e. The molecule has 2 aromatic carbocycles. The van der Waals surface area contributed by atoms with Gasteiger partial charge in [0, 0.05) is 30.8 Å². The Hall–Kier alpha value is 0.0400. The summed E-state index contributed by atoms with van der Waals surface area (Å²) in [5.41, 5.74) is 0. The standard InChI is InChI=1S/C16H8Br2ClPS2/c17-15-13(9-5-1-3-7-11(9)21-15)20(19)14-10-6-2-4-8-12(10)22-16(14)18/h1-8H. The Balaban J connectivity index is 1.98. The van der Waals surface area contributed by atoms with Gasteiger partial charge >= 0.3 is 0 Å². The molecule has 4 rings (SSSR count). The molecule has 0 spiro atoms. The molecule has 0 nitrogen and oxygen atoms in total. The lowest BCUT2D eigenvalue weighted by molar-refractivity contribution is 1.86. The predicted octanol–water partition coefficient (Wildman–Crippen LogP) is 7.23. The van der Waals surface area contributed by atoms with E-state index in [1.54, 1.807) is 22.7 Å². The number of thiophene rings is 2. The maximum atomic E-state index is 7.00. The van der Waals surface area contributed by atoms with Crippen LogP contribution in [0, 0.1) is 0 Å². The van der Waals surface area contributed by atoms with Gasteiger partial charge in [-0.2, -0.15) is 0 Å². The van der Waals surface area contributed by atoms with Gasteiger partial charge in [0.1, 0.15) is 0 Å². The van der Waals surface area contributed by atoms with Gasteiger partial charge in [0.2, 0.25) is 0 Å². The number of hydrogen-bond acceptors (Lipinski definition) is 2. The predicted molar refractivity (Wildman–Crippen MR) is 111 cm³/mol. The first kappa shape index (κ1) is 15.6. The third-order valence-corrected chi connectivity index (χ3v) is 10.8. The highest BCUT2D eigenvalue weighted by atomic mass is 79.9. The van der Waals surface area contributed by atoms with Crippen LogP contribution in [0.4, 0.5) is 0 Å². The van der Waals surface area contributed by atoms with Crippen molar-refractivity contribution in [3.05, 3.63) is 56.1 Å². The van der Waals surface area contributed by atoms with Crippen molar-refractivity contribution in [1.29, 1.82) is 0 Å². The van der Waals surface area contributed by atoms with Crippen molar-refractivity contribution in [2.24, 2.45) is 0 Å². The van der Waals surface area contributed by atoms with Gasteiger partial charge in [-0.1, -0.05) is 47.6 Å². The van der Waals surface area contributed by atoms with Crippen molar-refractivity contribution in [1.82, 2.24) is 0 Å². The molecule has 110 valence electrons. The molecule has 0 saturated heterocycles. The third-order valence-electron chi connectivity index (χ3n) is 3.45. The van der Waals surface area contributed by atoms with Gasteiger partial charge in [-0.3, -0.25) is 0 Å². The Morgan fingerprint density at radius 1 is 0.727 bits per heavy atom. The molecule has 2 aromatic heterocycles. The fraction of sp³-hybridized carbons (Fsp3) is 0. The molecule has 0 bridgehead atoms. The SMILES string of the molecule is ClP(c1c(Br)sc2ccccc12)c1c(Br)sc2ccccc12. The number of hydrogen-bond donors (Lipinski definition) is 0. The van der Waals surface area contributed by atoms with E-state index in [4.69, 9.17) is 11.2 Å². The summed E-state index contributed by atoms with van der Waals surface area (Å²) in [5, 5.41) is 4.95. The van der Waals surface area contributed by atoms with Crippen LogP contribution in [0.15, 0.2) is 56.1 Å². The van der Waals surface area contributed by atoms with Crippen molar-refractivity contribution in [3.8, 4) is 0 Å². The van der Waals surface area contributed by atoms with Gasteiger partial charge in [0.05, 0.1) is 14.8 Å². The normalized spacial score (nSPS) is 11.8. The second kappa shape index (κ2) is 6.16. The molecule has 0 aliphatic carbocycles. The first-order chi connectivity index (χ1) is 10.7. The maximum absolute atomic E-state index is 7.00. The Kier molecular flexibility index (Phi) is 4.36. The van der Waals surface area contributed by atoms with Crippen LogP contribution in [0.25, 0.3) is 20.2 Å². The fourth-order valence-corrected chi connectivity index (χ4v) is 11.0. The lowest BCUT2D eigenvalue weighted by Crippen LogP contribution is -2.08. The smallest absolute Gasteiger partial charge is 0.0802 e. The lowest BCUT2D eigenvalue weighted by Gasteiger charge is -2.10. The second-order valence-electron chi connectivity index (χ2n) is 4.72. The van der Waals surface area contributed by atoms with Gasteiger partial charge in [0.15, 0.2) is 0 Å². The summed E-state index contributed by atoms with van der Waals surface area (Å²) < 4.78 is 4.82.